The number of nitrogens with zero attached hydrogens (tertiary/aromatic N) is 2. The van der Waals surface area contributed by atoms with Gasteiger partial charge in [-0.15, -0.1) is 0 Å². The Labute approximate surface area is 120 Å². The van der Waals surface area contributed by atoms with Gasteiger partial charge in [-0.05, 0) is 41.8 Å². The zero-order chi connectivity index (χ0) is 14.2. The number of H-pyrrole nitrogens is 1. The summed E-state index contributed by atoms with van der Waals surface area (Å²) in [7, 11) is 0. The minimum atomic E-state index is -0.129. The van der Waals surface area contributed by atoms with Gasteiger partial charge in [-0.2, -0.15) is 5.10 Å². The van der Waals surface area contributed by atoms with E-state index in [2.05, 4.69) is 15.4 Å². The molecule has 3 aromatic heterocycles. The molecule has 0 bridgehead atoms. The number of anilines is 1. The van der Waals surface area contributed by atoms with E-state index in [4.69, 9.17) is 0 Å². The fourth-order valence-electron chi connectivity index (χ4n) is 2.39. The molecular weight excluding hydrogens is 264 g/mol. The van der Waals surface area contributed by atoms with Crippen LogP contribution in [0.5, 0.6) is 0 Å². The van der Waals surface area contributed by atoms with Gasteiger partial charge in [-0.25, -0.2) is 4.52 Å². The summed E-state index contributed by atoms with van der Waals surface area (Å²) in [6.07, 6.45) is 5.40. The van der Waals surface area contributed by atoms with Crippen molar-refractivity contribution in [1.82, 2.24) is 14.6 Å². The van der Waals surface area contributed by atoms with Crippen molar-refractivity contribution in [2.45, 2.75) is 0 Å². The van der Waals surface area contributed by atoms with Gasteiger partial charge >= 0.3 is 0 Å². The fraction of sp³-hybridized carbons (Fsp3) is 0. The number of rotatable bonds is 2. The van der Waals surface area contributed by atoms with Crippen LogP contribution in [0.2, 0.25) is 0 Å². The van der Waals surface area contributed by atoms with Crippen LogP contribution < -0.4 is 5.32 Å². The van der Waals surface area contributed by atoms with Gasteiger partial charge in [0.2, 0.25) is 0 Å². The molecule has 0 radical (unpaired) electrons. The zero-order valence-corrected chi connectivity index (χ0v) is 11.1. The summed E-state index contributed by atoms with van der Waals surface area (Å²) in [5.41, 5.74) is 3.26. The molecule has 0 atom stereocenters. The number of fused-ring (bicyclic) bond motifs is 2. The monoisotopic (exact) mass is 276 g/mol. The van der Waals surface area contributed by atoms with Gasteiger partial charge in [0, 0.05) is 35.4 Å². The zero-order valence-electron chi connectivity index (χ0n) is 11.1. The quantitative estimate of drug-likeness (QED) is 0.591. The van der Waals surface area contributed by atoms with Crippen molar-refractivity contribution in [2.75, 3.05) is 5.32 Å². The smallest absolute Gasteiger partial charge is 0.255 e. The molecule has 102 valence electrons. The highest BCUT2D eigenvalue weighted by Gasteiger charge is 2.08. The lowest BCUT2D eigenvalue weighted by molar-refractivity contribution is 0.102. The molecule has 5 nitrogen and oxygen atoms in total. The largest absolute Gasteiger partial charge is 0.361 e. The van der Waals surface area contributed by atoms with Crippen LogP contribution in [0.1, 0.15) is 10.4 Å². The summed E-state index contributed by atoms with van der Waals surface area (Å²) in [4.78, 5) is 15.4. The molecule has 21 heavy (non-hydrogen) atoms. The maximum atomic E-state index is 12.3. The molecule has 4 rings (SSSR count). The topological polar surface area (TPSA) is 62.2 Å². The van der Waals surface area contributed by atoms with Crippen molar-refractivity contribution in [3.05, 3.63) is 66.6 Å². The maximum absolute atomic E-state index is 12.3. The summed E-state index contributed by atoms with van der Waals surface area (Å²) in [6.45, 7) is 0. The number of nitrogens with one attached hydrogen (secondary N) is 2. The van der Waals surface area contributed by atoms with Crippen molar-refractivity contribution >= 4 is 28.0 Å². The average Bonchev–Trinajstić information content (AvgIpc) is 3.14. The molecule has 0 fully saturated rings. The second-order valence-corrected chi connectivity index (χ2v) is 4.85. The number of amides is 1. The Morgan fingerprint density at radius 1 is 1.14 bits per heavy atom. The molecule has 0 aliphatic carbocycles. The third-order valence-corrected chi connectivity index (χ3v) is 3.47. The Bertz CT molecular complexity index is 951. The second-order valence-electron chi connectivity index (χ2n) is 4.85. The van der Waals surface area contributed by atoms with E-state index >= 15 is 0 Å². The molecule has 0 saturated carbocycles. The number of hydrogen-bond donors (Lipinski definition) is 2. The van der Waals surface area contributed by atoms with Gasteiger partial charge in [0.1, 0.15) is 0 Å². The van der Waals surface area contributed by atoms with Crippen LogP contribution in [-0.2, 0) is 0 Å². The van der Waals surface area contributed by atoms with E-state index in [9.17, 15) is 4.79 Å². The van der Waals surface area contributed by atoms with Crippen molar-refractivity contribution in [1.29, 1.82) is 0 Å². The van der Waals surface area contributed by atoms with E-state index in [1.54, 1.807) is 10.7 Å². The SMILES string of the molecule is O=C(Nc1ccn2nccc2c1)c1ccc2cc[nH]c2c1. The first-order chi connectivity index (χ1) is 10.3. The van der Waals surface area contributed by atoms with Gasteiger partial charge in [0.15, 0.2) is 0 Å². The summed E-state index contributed by atoms with van der Waals surface area (Å²) >= 11 is 0. The average molecular weight is 276 g/mol. The van der Waals surface area contributed by atoms with Gasteiger partial charge in [-0.3, -0.25) is 4.79 Å². The number of carbonyl (C=O) groups excluding carboxylic acids is 1. The molecular formula is C16H12N4O. The summed E-state index contributed by atoms with van der Waals surface area (Å²) in [6, 6.07) is 13.2. The minimum absolute atomic E-state index is 0.129. The van der Waals surface area contributed by atoms with E-state index in [-0.39, 0.29) is 5.91 Å². The third-order valence-electron chi connectivity index (χ3n) is 3.47. The van der Waals surface area contributed by atoms with Crippen molar-refractivity contribution < 1.29 is 4.79 Å². The Hall–Kier alpha value is -3.08. The van der Waals surface area contributed by atoms with Crippen LogP contribution in [0.4, 0.5) is 5.69 Å². The Morgan fingerprint density at radius 2 is 2.10 bits per heavy atom. The van der Waals surface area contributed by atoms with Crippen LogP contribution in [0.15, 0.2) is 61.1 Å². The molecule has 3 heterocycles. The molecule has 0 aliphatic heterocycles. The van der Waals surface area contributed by atoms with Crippen molar-refractivity contribution in [3.63, 3.8) is 0 Å². The van der Waals surface area contributed by atoms with E-state index in [1.807, 2.05) is 54.9 Å². The highest BCUT2D eigenvalue weighted by atomic mass is 16.1. The molecule has 1 amide bonds. The molecule has 0 unspecified atom stereocenters. The van der Waals surface area contributed by atoms with Gasteiger partial charge in [0.25, 0.3) is 5.91 Å². The molecule has 1 aromatic carbocycles. The highest BCUT2D eigenvalue weighted by Crippen LogP contribution is 2.16. The predicted molar refractivity (Wildman–Crippen MR) is 81.4 cm³/mol. The number of carbonyl (C=O) groups is 1. The highest BCUT2D eigenvalue weighted by molar-refractivity contribution is 6.06. The lowest BCUT2D eigenvalue weighted by atomic mass is 10.1. The fourth-order valence-corrected chi connectivity index (χ4v) is 2.39. The minimum Gasteiger partial charge on any atom is -0.361 e. The van der Waals surface area contributed by atoms with E-state index in [0.717, 1.165) is 22.1 Å². The predicted octanol–water partition coefficient (Wildman–Crippen LogP) is 3.07. The number of aromatic nitrogens is 3. The van der Waals surface area contributed by atoms with Crippen LogP contribution in [0.3, 0.4) is 0 Å². The van der Waals surface area contributed by atoms with Gasteiger partial charge in [0.05, 0.1) is 5.52 Å². The summed E-state index contributed by atoms with van der Waals surface area (Å²) in [5.74, 6) is -0.129. The normalized spacial score (nSPS) is 11.0. The molecule has 2 N–H and O–H groups in total. The van der Waals surface area contributed by atoms with Crippen molar-refractivity contribution in [3.8, 4) is 0 Å². The second kappa shape index (κ2) is 4.49. The summed E-state index contributed by atoms with van der Waals surface area (Å²) in [5, 5.41) is 8.12. The van der Waals surface area contributed by atoms with Gasteiger partial charge in [-0.1, -0.05) is 6.07 Å². The lowest BCUT2D eigenvalue weighted by Gasteiger charge is -2.06. The van der Waals surface area contributed by atoms with Crippen LogP contribution in [-0.4, -0.2) is 20.5 Å². The van der Waals surface area contributed by atoms with E-state index < -0.39 is 0 Å². The summed E-state index contributed by atoms with van der Waals surface area (Å²) < 4.78 is 1.75. The molecule has 4 aromatic rings. The number of benzene rings is 1. The van der Waals surface area contributed by atoms with Gasteiger partial charge < -0.3 is 10.3 Å². The number of aromatic amines is 1. The Kier molecular flexibility index (Phi) is 2.50. The first-order valence-electron chi connectivity index (χ1n) is 6.61. The molecule has 0 spiro atoms. The van der Waals surface area contributed by atoms with E-state index in [1.165, 1.54) is 0 Å². The molecule has 0 aliphatic rings. The maximum Gasteiger partial charge on any atom is 0.255 e. The molecule has 0 saturated heterocycles. The standard InChI is InChI=1S/C16H12N4O/c21-16(12-2-1-11-3-6-17-15(11)9-12)19-13-5-8-20-14(10-13)4-7-18-20/h1-10,17H,(H,19,21). The van der Waals surface area contributed by atoms with Crippen LogP contribution in [0, 0.1) is 0 Å². The first-order valence-corrected chi connectivity index (χ1v) is 6.61. The third kappa shape index (κ3) is 2.04. The van der Waals surface area contributed by atoms with E-state index in [0.29, 0.717) is 5.56 Å². The number of hydrogen-bond acceptors (Lipinski definition) is 2. The van der Waals surface area contributed by atoms with Crippen molar-refractivity contribution in [2.24, 2.45) is 0 Å². The Balaban J connectivity index is 1.64. The molecule has 5 heteroatoms. The van der Waals surface area contributed by atoms with Crippen LogP contribution >= 0.6 is 0 Å². The Morgan fingerprint density at radius 3 is 3.05 bits per heavy atom. The lowest BCUT2D eigenvalue weighted by Crippen LogP contribution is -2.11. The number of pyridine rings is 1. The van der Waals surface area contributed by atoms with Crippen LogP contribution in [0.25, 0.3) is 16.4 Å². The first kappa shape index (κ1) is 11.7.